The minimum atomic E-state index is -0.0256. The quantitative estimate of drug-likeness (QED) is 0.840. The molecule has 2 saturated heterocycles. The van der Waals surface area contributed by atoms with Crippen LogP contribution in [0.25, 0.3) is 0 Å². The lowest BCUT2D eigenvalue weighted by Gasteiger charge is -2.27. The van der Waals surface area contributed by atoms with Crippen LogP contribution in [-0.4, -0.2) is 44.9 Å². The van der Waals surface area contributed by atoms with E-state index in [1.54, 1.807) is 0 Å². The van der Waals surface area contributed by atoms with Gasteiger partial charge in [-0.15, -0.1) is 23.5 Å². The summed E-state index contributed by atoms with van der Waals surface area (Å²) in [5.74, 6) is 2.89. The summed E-state index contributed by atoms with van der Waals surface area (Å²) >= 11 is 8.20. The molecular weight excluding hydrogens is 296 g/mol. The summed E-state index contributed by atoms with van der Waals surface area (Å²) in [6.07, 6.45) is 0. The number of anilines is 1. The fraction of sp³-hybridized carbons (Fsp3) is 0.462. The second-order valence-corrected chi connectivity index (χ2v) is 7.36. The molecule has 1 aromatic rings. The summed E-state index contributed by atoms with van der Waals surface area (Å²) in [5, 5.41) is 3.86. The van der Waals surface area contributed by atoms with Crippen LogP contribution in [0.3, 0.4) is 0 Å². The van der Waals surface area contributed by atoms with Crippen LogP contribution < -0.4 is 5.32 Å². The van der Waals surface area contributed by atoms with Crippen LogP contribution in [0, 0.1) is 0 Å². The molecule has 3 nitrogen and oxygen atoms in total. The van der Waals surface area contributed by atoms with E-state index >= 15 is 0 Å². The average Bonchev–Trinajstić information content (AvgIpc) is 3.00. The van der Waals surface area contributed by atoms with E-state index in [1.807, 2.05) is 53.9 Å². The monoisotopic (exact) mass is 312 g/mol. The van der Waals surface area contributed by atoms with E-state index in [1.165, 1.54) is 0 Å². The number of thioether (sulfide) groups is 2. The number of carbonyl (C=O) groups is 1. The van der Waals surface area contributed by atoms with Gasteiger partial charge in [-0.25, -0.2) is 0 Å². The van der Waals surface area contributed by atoms with E-state index in [0.29, 0.717) is 10.7 Å². The van der Waals surface area contributed by atoms with Gasteiger partial charge in [0.15, 0.2) is 0 Å². The largest absolute Gasteiger partial charge is 0.325 e. The van der Waals surface area contributed by atoms with Crippen LogP contribution in [0.4, 0.5) is 5.69 Å². The van der Waals surface area contributed by atoms with Crippen molar-refractivity contribution < 1.29 is 4.79 Å². The van der Waals surface area contributed by atoms with Gasteiger partial charge in [0.05, 0.1) is 10.7 Å². The first-order valence-electron chi connectivity index (χ1n) is 6.27. The molecule has 0 saturated carbocycles. The van der Waals surface area contributed by atoms with E-state index in [4.69, 9.17) is 0 Å². The summed E-state index contributed by atoms with van der Waals surface area (Å²) in [6.45, 7) is 0. The van der Waals surface area contributed by atoms with E-state index in [-0.39, 0.29) is 11.9 Å². The zero-order chi connectivity index (χ0) is 13.2. The van der Waals surface area contributed by atoms with E-state index in [2.05, 4.69) is 22.8 Å². The van der Waals surface area contributed by atoms with Gasteiger partial charge in [-0.2, -0.15) is 12.6 Å². The lowest BCUT2D eigenvalue weighted by molar-refractivity contribution is -0.120. The molecule has 0 aromatic heterocycles. The normalized spacial score (nSPS) is 30.3. The van der Waals surface area contributed by atoms with Gasteiger partial charge < -0.3 is 5.32 Å². The van der Waals surface area contributed by atoms with Gasteiger partial charge in [0.1, 0.15) is 6.04 Å². The Balaban J connectivity index is 1.70. The second-order valence-electron chi connectivity index (χ2n) is 4.58. The first-order chi connectivity index (χ1) is 9.29. The number of nitrogens with one attached hydrogen (secondary N) is 1. The van der Waals surface area contributed by atoms with Crippen molar-refractivity contribution in [2.24, 2.45) is 0 Å². The molecule has 2 heterocycles. The van der Waals surface area contributed by atoms with E-state index in [0.717, 1.165) is 22.9 Å². The number of amides is 1. The highest BCUT2D eigenvalue weighted by atomic mass is 32.2. The molecule has 0 aliphatic carbocycles. The number of fused-ring (bicyclic) bond motifs is 1. The zero-order valence-corrected chi connectivity index (χ0v) is 12.9. The highest BCUT2D eigenvalue weighted by Gasteiger charge is 2.46. The SMILES string of the molecule is O=C(Nc1ccccc1)[C@@H]1CS[C@H]2CS[C@H](CS)N21. The number of thiol groups is 1. The first kappa shape index (κ1) is 13.7. The summed E-state index contributed by atoms with van der Waals surface area (Å²) in [7, 11) is 0. The van der Waals surface area contributed by atoms with Crippen molar-refractivity contribution in [1.82, 2.24) is 4.90 Å². The Kier molecular flexibility index (Phi) is 4.31. The maximum atomic E-state index is 12.4. The molecule has 3 rings (SSSR count). The van der Waals surface area contributed by atoms with Crippen molar-refractivity contribution in [3.63, 3.8) is 0 Å². The minimum Gasteiger partial charge on any atom is -0.325 e. The number of carbonyl (C=O) groups excluding carboxylic acids is 1. The van der Waals surface area contributed by atoms with Gasteiger partial charge >= 0.3 is 0 Å². The molecule has 19 heavy (non-hydrogen) atoms. The van der Waals surface area contributed by atoms with Gasteiger partial charge in [0.25, 0.3) is 0 Å². The molecule has 0 spiro atoms. The highest BCUT2D eigenvalue weighted by Crippen LogP contribution is 2.42. The first-order valence-corrected chi connectivity index (χ1v) is 9.00. The summed E-state index contributed by atoms with van der Waals surface area (Å²) < 4.78 is 0. The fourth-order valence-corrected chi connectivity index (χ4v) is 6.01. The molecule has 1 N–H and O–H groups in total. The van der Waals surface area contributed by atoms with Gasteiger partial charge in [0, 0.05) is 22.9 Å². The van der Waals surface area contributed by atoms with Gasteiger partial charge in [-0.3, -0.25) is 9.69 Å². The van der Waals surface area contributed by atoms with Crippen LogP contribution in [-0.2, 0) is 4.79 Å². The Hall–Kier alpha value is -0.300. The molecule has 2 aliphatic heterocycles. The smallest absolute Gasteiger partial charge is 0.242 e. The molecule has 2 fully saturated rings. The van der Waals surface area contributed by atoms with Crippen LogP contribution in [0.2, 0.25) is 0 Å². The number of nitrogens with zero attached hydrogens (tertiary/aromatic N) is 1. The van der Waals surface area contributed by atoms with Gasteiger partial charge in [-0.05, 0) is 12.1 Å². The number of hydrogen-bond donors (Lipinski definition) is 2. The molecule has 0 bridgehead atoms. The highest BCUT2D eigenvalue weighted by molar-refractivity contribution is 8.05. The third-order valence-electron chi connectivity index (χ3n) is 3.40. The Bertz CT molecular complexity index is 456. The van der Waals surface area contributed by atoms with Crippen LogP contribution >= 0.6 is 36.2 Å². The standard InChI is InChI=1S/C13H16N2OS3/c16-13(14-9-4-2-1-3-5-9)10-7-18-12-8-19-11(6-17)15(10)12/h1-5,10-12,17H,6-8H2,(H,14,16)/t10-,11+,12-/m0/s1. The summed E-state index contributed by atoms with van der Waals surface area (Å²) in [4.78, 5) is 14.8. The molecular formula is C13H16N2OS3. The van der Waals surface area contributed by atoms with E-state index < -0.39 is 0 Å². The molecule has 102 valence electrons. The van der Waals surface area contributed by atoms with Crippen molar-refractivity contribution in [2.75, 3.05) is 22.6 Å². The summed E-state index contributed by atoms with van der Waals surface area (Å²) in [5.41, 5.74) is 0.871. The third-order valence-corrected chi connectivity index (χ3v) is 6.81. The number of hydrogen-bond acceptors (Lipinski definition) is 5. The van der Waals surface area contributed by atoms with Crippen molar-refractivity contribution in [1.29, 1.82) is 0 Å². The van der Waals surface area contributed by atoms with Gasteiger partial charge in [0.2, 0.25) is 5.91 Å². The zero-order valence-electron chi connectivity index (χ0n) is 10.4. The fourth-order valence-electron chi connectivity index (χ4n) is 2.48. The van der Waals surface area contributed by atoms with Crippen molar-refractivity contribution >= 4 is 47.7 Å². The second kappa shape index (κ2) is 5.99. The number of rotatable bonds is 3. The summed E-state index contributed by atoms with van der Waals surface area (Å²) in [6, 6.07) is 9.64. The molecule has 1 aromatic carbocycles. The van der Waals surface area contributed by atoms with Crippen LogP contribution in [0.5, 0.6) is 0 Å². The Labute approximate surface area is 127 Å². The Morgan fingerprint density at radius 1 is 1.32 bits per heavy atom. The maximum Gasteiger partial charge on any atom is 0.242 e. The molecule has 6 heteroatoms. The Morgan fingerprint density at radius 3 is 2.84 bits per heavy atom. The van der Waals surface area contributed by atoms with Crippen molar-refractivity contribution in [3.05, 3.63) is 30.3 Å². The lowest BCUT2D eigenvalue weighted by atomic mass is 10.2. The molecule has 3 atom stereocenters. The number of benzene rings is 1. The third kappa shape index (κ3) is 2.77. The lowest BCUT2D eigenvalue weighted by Crippen LogP contribution is -2.46. The Morgan fingerprint density at radius 2 is 2.11 bits per heavy atom. The maximum absolute atomic E-state index is 12.4. The predicted molar refractivity (Wildman–Crippen MR) is 87.0 cm³/mol. The molecule has 0 unspecified atom stereocenters. The van der Waals surface area contributed by atoms with Crippen LogP contribution in [0.1, 0.15) is 0 Å². The van der Waals surface area contributed by atoms with Gasteiger partial charge in [-0.1, -0.05) is 18.2 Å². The van der Waals surface area contributed by atoms with Crippen LogP contribution in [0.15, 0.2) is 30.3 Å². The van der Waals surface area contributed by atoms with E-state index in [9.17, 15) is 4.79 Å². The minimum absolute atomic E-state index is 0.0256. The average molecular weight is 312 g/mol. The molecule has 2 aliphatic rings. The van der Waals surface area contributed by atoms with Crippen molar-refractivity contribution in [2.45, 2.75) is 16.8 Å². The number of para-hydroxylation sites is 1. The molecule has 0 radical (unpaired) electrons. The topological polar surface area (TPSA) is 32.3 Å². The predicted octanol–water partition coefficient (Wildman–Crippen LogP) is 2.37. The van der Waals surface area contributed by atoms with Crippen molar-refractivity contribution in [3.8, 4) is 0 Å². The molecule has 1 amide bonds.